The van der Waals surface area contributed by atoms with E-state index in [-0.39, 0.29) is 4.90 Å². The zero-order chi connectivity index (χ0) is 13.3. The van der Waals surface area contributed by atoms with E-state index in [2.05, 4.69) is 9.71 Å². The minimum atomic E-state index is -3.63. The summed E-state index contributed by atoms with van der Waals surface area (Å²) in [7, 11) is -3.63. The summed E-state index contributed by atoms with van der Waals surface area (Å²) in [6.07, 6.45) is 1.54. The number of nitrogens with one attached hydrogen (secondary N) is 1. The third-order valence-corrected chi connectivity index (χ3v) is 4.78. The van der Waals surface area contributed by atoms with Gasteiger partial charge in [-0.05, 0) is 37.1 Å². The lowest BCUT2D eigenvalue weighted by atomic mass is 10.1. The highest BCUT2D eigenvalue weighted by molar-refractivity contribution is 7.93. The topological polar surface area (TPSA) is 85.1 Å². The number of thiazole rings is 1. The first kappa shape index (κ1) is 12.8. The second-order valence-electron chi connectivity index (χ2n) is 3.90. The first-order valence-corrected chi connectivity index (χ1v) is 7.55. The summed E-state index contributed by atoms with van der Waals surface area (Å²) in [5.41, 5.74) is 7.99. The van der Waals surface area contributed by atoms with Gasteiger partial charge >= 0.3 is 0 Å². The number of benzene rings is 1. The van der Waals surface area contributed by atoms with Crippen molar-refractivity contribution in [1.29, 1.82) is 0 Å². The van der Waals surface area contributed by atoms with Gasteiger partial charge in [-0.3, -0.25) is 4.72 Å². The number of nitrogens with two attached hydrogens (primary N) is 1. The van der Waals surface area contributed by atoms with Gasteiger partial charge in [-0.15, -0.1) is 11.3 Å². The second kappa shape index (κ2) is 4.58. The molecule has 0 amide bonds. The van der Waals surface area contributed by atoms with Crippen LogP contribution in [0.5, 0.6) is 0 Å². The van der Waals surface area contributed by atoms with Gasteiger partial charge < -0.3 is 5.73 Å². The molecule has 0 aliphatic carbocycles. The molecular weight excluding hydrogens is 270 g/mol. The van der Waals surface area contributed by atoms with E-state index in [0.29, 0.717) is 10.8 Å². The summed E-state index contributed by atoms with van der Waals surface area (Å²) in [5, 5.41) is 2.04. The number of nitrogens with zero attached hydrogens (tertiary/aromatic N) is 1. The molecule has 96 valence electrons. The number of hydrogen-bond acceptors (Lipinski definition) is 5. The number of aryl methyl sites for hydroxylation is 1. The number of anilines is 2. The number of sulfonamides is 1. The highest BCUT2D eigenvalue weighted by Gasteiger charge is 2.17. The SMILES string of the molecule is Cc1cc(S(=O)(=O)Nc2nccs2)cc(N)c1C. The molecule has 2 aromatic rings. The highest BCUT2D eigenvalue weighted by atomic mass is 32.2. The van der Waals surface area contributed by atoms with E-state index in [4.69, 9.17) is 5.73 Å². The molecular formula is C11H13N3O2S2. The third-order valence-electron chi connectivity index (χ3n) is 2.65. The molecule has 0 fully saturated rings. The highest BCUT2D eigenvalue weighted by Crippen LogP contribution is 2.23. The van der Waals surface area contributed by atoms with Crippen molar-refractivity contribution in [2.45, 2.75) is 18.7 Å². The maximum absolute atomic E-state index is 12.1. The van der Waals surface area contributed by atoms with E-state index >= 15 is 0 Å². The van der Waals surface area contributed by atoms with Crippen LogP contribution >= 0.6 is 11.3 Å². The summed E-state index contributed by atoms with van der Waals surface area (Å²) < 4.78 is 26.6. The number of nitrogen functional groups attached to an aromatic ring is 1. The molecule has 0 unspecified atom stereocenters. The fourth-order valence-corrected chi connectivity index (χ4v) is 3.36. The van der Waals surface area contributed by atoms with E-state index in [1.54, 1.807) is 11.4 Å². The van der Waals surface area contributed by atoms with E-state index in [9.17, 15) is 8.42 Å². The molecule has 0 atom stereocenters. The van der Waals surface area contributed by atoms with Gasteiger partial charge in [-0.1, -0.05) is 0 Å². The Balaban J connectivity index is 2.42. The van der Waals surface area contributed by atoms with Crippen LogP contribution in [-0.4, -0.2) is 13.4 Å². The largest absolute Gasteiger partial charge is 0.398 e. The maximum Gasteiger partial charge on any atom is 0.263 e. The van der Waals surface area contributed by atoms with E-state index in [1.807, 2.05) is 13.8 Å². The fraction of sp³-hybridized carbons (Fsp3) is 0.182. The fourth-order valence-electron chi connectivity index (χ4n) is 1.46. The van der Waals surface area contributed by atoms with Crippen molar-refractivity contribution < 1.29 is 8.42 Å². The molecule has 1 heterocycles. The lowest BCUT2D eigenvalue weighted by molar-refractivity contribution is 0.601. The zero-order valence-electron chi connectivity index (χ0n) is 9.97. The molecule has 1 aromatic heterocycles. The first-order chi connectivity index (χ1) is 8.40. The first-order valence-electron chi connectivity index (χ1n) is 5.19. The number of rotatable bonds is 3. The summed E-state index contributed by atoms with van der Waals surface area (Å²) in [5.74, 6) is 0. The maximum atomic E-state index is 12.1. The van der Waals surface area contributed by atoms with E-state index in [0.717, 1.165) is 11.1 Å². The van der Waals surface area contributed by atoms with Gasteiger partial charge in [0.2, 0.25) is 0 Å². The van der Waals surface area contributed by atoms with E-state index in [1.165, 1.54) is 23.6 Å². The van der Waals surface area contributed by atoms with Gasteiger partial charge in [0.1, 0.15) is 0 Å². The minimum absolute atomic E-state index is 0.151. The van der Waals surface area contributed by atoms with Crippen molar-refractivity contribution in [3.8, 4) is 0 Å². The van der Waals surface area contributed by atoms with Gasteiger partial charge in [0.15, 0.2) is 5.13 Å². The summed E-state index contributed by atoms with van der Waals surface area (Å²) in [6, 6.07) is 3.06. The van der Waals surface area contributed by atoms with Crippen LogP contribution in [0.1, 0.15) is 11.1 Å². The Morgan fingerprint density at radius 2 is 2.06 bits per heavy atom. The van der Waals surface area contributed by atoms with Gasteiger partial charge in [0, 0.05) is 17.3 Å². The van der Waals surface area contributed by atoms with Gasteiger partial charge in [-0.25, -0.2) is 13.4 Å². The minimum Gasteiger partial charge on any atom is -0.398 e. The Hall–Kier alpha value is -1.60. The second-order valence-corrected chi connectivity index (χ2v) is 6.47. The van der Waals surface area contributed by atoms with Crippen LogP contribution in [-0.2, 0) is 10.0 Å². The zero-order valence-corrected chi connectivity index (χ0v) is 11.6. The molecule has 1 aromatic carbocycles. The number of aromatic nitrogens is 1. The third kappa shape index (κ3) is 2.46. The van der Waals surface area contributed by atoms with Crippen LogP contribution in [0.3, 0.4) is 0 Å². The van der Waals surface area contributed by atoms with Gasteiger partial charge in [-0.2, -0.15) is 0 Å². The molecule has 0 saturated carbocycles. The van der Waals surface area contributed by atoms with Crippen molar-refractivity contribution in [1.82, 2.24) is 4.98 Å². The molecule has 2 rings (SSSR count). The van der Waals surface area contributed by atoms with Crippen LogP contribution in [0.4, 0.5) is 10.8 Å². The molecule has 0 saturated heterocycles. The average Bonchev–Trinajstić information content (AvgIpc) is 2.77. The Kier molecular flexibility index (Phi) is 3.27. The van der Waals surface area contributed by atoms with Crippen LogP contribution in [0, 0.1) is 13.8 Å². The van der Waals surface area contributed by atoms with Crippen molar-refractivity contribution in [3.63, 3.8) is 0 Å². The van der Waals surface area contributed by atoms with Gasteiger partial charge in [0.25, 0.3) is 10.0 Å². The van der Waals surface area contributed by atoms with Crippen molar-refractivity contribution in [3.05, 3.63) is 34.8 Å². The molecule has 0 aliphatic heterocycles. The molecule has 0 spiro atoms. The van der Waals surface area contributed by atoms with Crippen LogP contribution in [0.2, 0.25) is 0 Å². The summed E-state index contributed by atoms with van der Waals surface area (Å²) in [4.78, 5) is 4.04. The predicted molar refractivity (Wildman–Crippen MR) is 73.3 cm³/mol. The van der Waals surface area contributed by atoms with E-state index < -0.39 is 10.0 Å². The molecule has 0 bridgehead atoms. The van der Waals surface area contributed by atoms with Gasteiger partial charge in [0.05, 0.1) is 4.90 Å². The molecule has 18 heavy (non-hydrogen) atoms. The Morgan fingerprint density at radius 3 is 2.61 bits per heavy atom. The molecule has 0 radical (unpaired) electrons. The van der Waals surface area contributed by atoms with Crippen LogP contribution < -0.4 is 10.5 Å². The quantitative estimate of drug-likeness (QED) is 0.845. The predicted octanol–water partition coefficient (Wildman–Crippen LogP) is 2.14. The standard InChI is InChI=1S/C11H13N3O2S2/c1-7-5-9(6-10(12)8(7)2)18(15,16)14-11-13-3-4-17-11/h3-6H,12H2,1-2H3,(H,13,14). The summed E-state index contributed by atoms with van der Waals surface area (Å²) >= 11 is 1.22. The van der Waals surface area contributed by atoms with Crippen molar-refractivity contribution >= 4 is 32.2 Å². The summed E-state index contributed by atoms with van der Waals surface area (Å²) in [6.45, 7) is 3.68. The lowest BCUT2D eigenvalue weighted by Gasteiger charge is -2.10. The normalized spacial score (nSPS) is 11.4. The Bertz CT molecular complexity index is 641. The van der Waals surface area contributed by atoms with Crippen LogP contribution in [0.15, 0.2) is 28.6 Å². The molecule has 3 N–H and O–H groups in total. The van der Waals surface area contributed by atoms with Crippen molar-refractivity contribution in [2.24, 2.45) is 0 Å². The average molecular weight is 283 g/mol. The monoisotopic (exact) mass is 283 g/mol. The smallest absolute Gasteiger partial charge is 0.263 e. The molecule has 7 heteroatoms. The molecule has 5 nitrogen and oxygen atoms in total. The number of hydrogen-bond donors (Lipinski definition) is 2. The Labute approximate surface area is 110 Å². The van der Waals surface area contributed by atoms with Crippen LogP contribution in [0.25, 0.3) is 0 Å². The van der Waals surface area contributed by atoms with Crippen molar-refractivity contribution in [2.75, 3.05) is 10.5 Å². The Morgan fingerprint density at radius 1 is 1.33 bits per heavy atom. The lowest BCUT2D eigenvalue weighted by Crippen LogP contribution is -2.13. The molecule has 0 aliphatic rings.